The van der Waals surface area contributed by atoms with Gasteiger partial charge in [0.15, 0.2) is 5.75 Å². The first-order valence-electron chi connectivity index (χ1n) is 7.95. The number of carbonyl (C=O) groups is 1. The van der Waals surface area contributed by atoms with Crippen LogP contribution in [0.5, 0.6) is 5.75 Å². The summed E-state index contributed by atoms with van der Waals surface area (Å²) in [6.07, 6.45) is -2.92. The number of hydrogen-bond acceptors (Lipinski definition) is 4. The van der Waals surface area contributed by atoms with E-state index in [9.17, 15) is 18.0 Å². The molecule has 0 radical (unpaired) electrons. The van der Waals surface area contributed by atoms with Gasteiger partial charge in [0.25, 0.3) is 0 Å². The van der Waals surface area contributed by atoms with Crippen LogP contribution in [0.2, 0.25) is 0 Å². The Morgan fingerprint density at radius 2 is 1.89 bits per heavy atom. The van der Waals surface area contributed by atoms with Gasteiger partial charge in [0.2, 0.25) is 5.91 Å². The third-order valence-electron chi connectivity index (χ3n) is 3.70. The molecule has 1 N–H and O–H groups in total. The van der Waals surface area contributed by atoms with E-state index in [1.165, 1.54) is 18.2 Å². The molecule has 1 aromatic heterocycles. The fourth-order valence-electron chi connectivity index (χ4n) is 2.66. The zero-order valence-electron chi connectivity index (χ0n) is 14.3. The number of hydrogen-bond donors (Lipinski definition) is 1. The van der Waals surface area contributed by atoms with Gasteiger partial charge in [0.05, 0.1) is 22.5 Å². The predicted octanol–water partition coefficient (Wildman–Crippen LogP) is 4.44. The molecule has 3 rings (SSSR count). The Morgan fingerprint density at radius 3 is 2.63 bits per heavy atom. The molecule has 3 aromatic rings. The molecule has 0 unspecified atom stereocenters. The lowest BCUT2D eigenvalue weighted by Gasteiger charge is -2.14. The Labute approximate surface area is 157 Å². The van der Waals surface area contributed by atoms with E-state index in [1.54, 1.807) is 16.3 Å². The third kappa shape index (κ3) is 4.73. The van der Waals surface area contributed by atoms with Crippen molar-refractivity contribution < 1.29 is 22.7 Å². The van der Waals surface area contributed by atoms with Gasteiger partial charge in [-0.1, -0.05) is 24.3 Å². The van der Waals surface area contributed by atoms with E-state index in [2.05, 4.69) is 15.0 Å². The van der Waals surface area contributed by atoms with E-state index in [4.69, 9.17) is 0 Å². The Balaban J connectivity index is 1.83. The van der Waals surface area contributed by atoms with Crippen LogP contribution in [0.25, 0.3) is 11.0 Å². The highest BCUT2D eigenvalue weighted by atomic mass is 32.2. The number of amides is 1. The van der Waals surface area contributed by atoms with Crippen molar-refractivity contribution in [3.8, 4) is 5.75 Å². The summed E-state index contributed by atoms with van der Waals surface area (Å²) in [5.41, 5.74) is 1.50. The molecule has 0 aliphatic rings. The van der Waals surface area contributed by atoms with E-state index in [-0.39, 0.29) is 12.2 Å². The number of anilines is 1. The number of halogens is 3. The maximum atomic E-state index is 12.5. The maximum absolute atomic E-state index is 12.5. The molecule has 0 saturated heterocycles. The van der Waals surface area contributed by atoms with E-state index in [0.717, 1.165) is 22.9 Å². The Morgan fingerprint density at radius 1 is 1.19 bits per heavy atom. The van der Waals surface area contributed by atoms with Gasteiger partial charge in [-0.15, -0.1) is 13.2 Å². The van der Waals surface area contributed by atoms with Crippen LogP contribution in [0, 0.1) is 0 Å². The molecule has 1 amide bonds. The van der Waals surface area contributed by atoms with E-state index >= 15 is 0 Å². The standard InChI is InChI=1S/C18H16F3N3O2S/c1-27-11-16-22-12-6-2-4-8-14(12)24(16)10-17(25)23-13-7-3-5-9-15(13)26-18(19,20)21/h2-9H,10-11H2,1H3,(H,23,25). The zero-order valence-corrected chi connectivity index (χ0v) is 15.1. The van der Waals surface area contributed by atoms with Crippen molar-refractivity contribution in [3.63, 3.8) is 0 Å². The average molecular weight is 395 g/mol. The number of fused-ring (bicyclic) bond motifs is 1. The molecule has 0 spiro atoms. The summed E-state index contributed by atoms with van der Waals surface area (Å²) < 4.78 is 43.3. The van der Waals surface area contributed by atoms with Crippen LogP contribution in [0.4, 0.5) is 18.9 Å². The second-order valence-electron chi connectivity index (χ2n) is 5.63. The monoisotopic (exact) mass is 395 g/mol. The Bertz CT molecular complexity index is 956. The summed E-state index contributed by atoms with van der Waals surface area (Å²) in [4.78, 5) is 17.0. The van der Waals surface area contributed by atoms with Crippen molar-refractivity contribution in [2.24, 2.45) is 0 Å². The van der Waals surface area contributed by atoms with Gasteiger partial charge in [-0.25, -0.2) is 4.98 Å². The van der Waals surface area contributed by atoms with Crippen molar-refractivity contribution in [3.05, 3.63) is 54.4 Å². The molecule has 27 heavy (non-hydrogen) atoms. The highest BCUT2D eigenvalue weighted by Crippen LogP contribution is 2.30. The molecule has 0 bridgehead atoms. The second-order valence-corrected chi connectivity index (χ2v) is 6.49. The maximum Gasteiger partial charge on any atom is 0.573 e. The largest absolute Gasteiger partial charge is 0.573 e. The zero-order chi connectivity index (χ0) is 19.4. The lowest BCUT2D eigenvalue weighted by atomic mass is 10.3. The minimum absolute atomic E-state index is 0.0457. The molecular weight excluding hydrogens is 379 g/mol. The molecule has 0 fully saturated rings. The topological polar surface area (TPSA) is 56.2 Å². The molecule has 1 heterocycles. The number of ether oxygens (including phenoxy) is 1. The fourth-order valence-corrected chi connectivity index (χ4v) is 3.14. The Hall–Kier alpha value is -2.68. The van der Waals surface area contributed by atoms with Gasteiger partial charge in [-0.05, 0) is 30.5 Å². The number of imidazole rings is 1. The highest BCUT2D eigenvalue weighted by Gasteiger charge is 2.32. The van der Waals surface area contributed by atoms with Crippen LogP contribution in [-0.4, -0.2) is 28.1 Å². The van der Waals surface area contributed by atoms with Gasteiger partial charge in [-0.3, -0.25) is 4.79 Å². The molecule has 142 valence electrons. The number of para-hydroxylation sites is 4. The van der Waals surface area contributed by atoms with Crippen molar-refractivity contribution in [1.29, 1.82) is 0 Å². The van der Waals surface area contributed by atoms with Crippen molar-refractivity contribution in [2.75, 3.05) is 11.6 Å². The van der Waals surface area contributed by atoms with Crippen LogP contribution < -0.4 is 10.1 Å². The molecule has 0 aliphatic carbocycles. The lowest BCUT2D eigenvalue weighted by Crippen LogP contribution is -2.22. The first kappa shape index (κ1) is 19.1. The number of benzene rings is 2. The van der Waals surface area contributed by atoms with Gasteiger partial charge in [0, 0.05) is 0 Å². The van der Waals surface area contributed by atoms with Gasteiger partial charge < -0.3 is 14.6 Å². The van der Waals surface area contributed by atoms with Crippen molar-refractivity contribution in [2.45, 2.75) is 18.7 Å². The molecule has 9 heteroatoms. The minimum Gasteiger partial charge on any atom is -0.404 e. The van der Waals surface area contributed by atoms with E-state index in [1.807, 2.05) is 30.5 Å². The smallest absolute Gasteiger partial charge is 0.404 e. The summed E-state index contributed by atoms with van der Waals surface area (Å²) in [7, 11) is 0. The van der Waals surface area contributed by atoms with Crippen LogP contribution in [-0.2, 0) is 17.1 Å². The third-order valence-corrected chi connectivity index (χ3v) is 4.24. The van der Waals surface area contributed by atoms with Crippen LogP contribution in [0.1, 0.15) is 5.82 Å². The summed E-state index contributed by atoms with van der Waals surface area (Å²) >= 11 is 1.56. The minimum atomic E-state index is -4.84. The lowest BCUT2D eigenvalue weighted by molar-refractivity contribution is -0.274. The normalized spacial score (nSPS) is 11.6. The summed E-state index contributed by atoms with van der Waals surface area (Å²) in [5, 5.41) is 2.49. The number of nitrogens with one attached hydrogen (secondary N) is 1. The molecule has 2 aromatic carbocycles. The molecule has 0 aliphatic heterocycles. The number of nitrogens with zero attached hydrogens (tertiary/aromatic N) is 2. The predicted molar refractivity (Wildman–Crippen MR) is 98.7 cm³/mol. The fraction of sp³-hybridized carbons (Fsp3) is 0.222. The number of rotatable bonds is 6. The van der Waals surface area contributed by atoms with Gasteiger partial charge in [-0.2, -0.15) is 11.8 Å². The number of alkyl halides is 3. The summed E-state index contributed by atoms with van der Waals surface area (Å²) in [5.74, 6) is 0.394. The van der Waals surface area contributed by atoms with Crippen LogP contribution in [0.3, 0.4) is 0 Å². The number of carbonyl (C=O) groups excluding carboxylic acids is 1. The average Bonchev–Trinajstić information content (AvgIpc) is 2.93. The van der Waals surface area contributed by atoms with Crippen molar-refractivity contribution >= 4 is 34.4 Å². The van der Waals surface area contributed by atoms with E-state index < -0.39 is 18.0 Å². The number of aromatic nitrogens is 2. The van der Waals surface area contributed by atoms with Crippen molar-refractivity contribution in [1.82, 2.24) is 9.55 Å². The first-order chi connectivity index (χ1) is 12.9. The second kappa shape index (κ2) is 7.91. The molecule has 0 atom stereocenters. The quantitative estimate of drug-likeness (QED) is 0.671. The van der Waals surface area contributed by atoms with Gasteiger partial charge >= 0.3 is 6.36 Å². The highest BCUT2D eigenvalue weighted by molar-refractivity contribution is 7.97. The van der Waals surface area contributed by atoms with E-state index in [0.29, 0.717) is 5.75 Å². The van der Waals surface area contributed by atoms with Gasteiger partial charge in [0.1, 0.15) is 12.4 Å². The Kier molecular flexibility index (Phi) is 5.59. The first-order valence-corrected chi connectivity index (χ1v) is 9.34. The summed E-state index contributed by atoms with van der Waals surface area (Å²) in [6.45, 7) is -0.0727. The summed E-state index contributed by atoms with van der Waals surface area (Å²) in [6, 6.07) is 12.8. The molecule has 5 nitrogen and oxygen atoms in total. The van der Waals surface area contributed by atoms with Crippen LogP contribution in [0.15, 0.2) is 48.5 Å². The van der Waals surface area contributed by atoms with Crippen LogP contribution >= 0.6 is 11.8 Å². The number of thioether (sulfide) groups is 1. The SMILES string of the molecule is CSCc1nc2ccccc2n1CC(=O)Nc1ccccc1OC(F)(F)F. The molecular formula is C18H16F3N3O2S. The molecule has 0 saturated carbocycles.